The lowest BCUT2D eigenvalue weighted by Crippen LogP contribution is -2.13. The summed E-state index contributed by atoms with van der Waals surface area (Å²) in [6, 6.07) is 0. The van der Waals surface area contributed by atoms with Crippen LogP contribution in [-0.4, -0.2) is 14.0 Å². The summed E-state index contributed by atoms with van der Waals surface area (Å²) in [6.45, 7) is 0. The van der Waals surface area contributed by atoms with Crippen molar-refractivity contribution in [3.63, 3.8) is 0 Å². The summed E-state index contributed by atoms with van der Waals surface area (Å²) < 4.78 is 7.73. The first kappa shape index (κ1) is 11.4. The first-order valence-electron chi connectivity index (χ1n) is 4.96. The Bertz CT molecular complexity index is 390. The zero-order chi connectivity index (χ0) is 10.7. The highest BCUT2D eigenvalue weighted by Gasteiger charge is 2.18. The molecule has 2 rings (SSSR count). The second-order valence-electron chi connectivity index (χ2n) is 3.57. The Morgan fingerprint density at radius 3 is 2.73 bits per heavy atom. The van der Waals surface area contributed by atoms with Crippen LogP contribution < -0.4 is 5.43 Å². The van der Waals surface area contributed by atoms with Gasteiger partial charge in [-0.15, -0.1) is 0 Å². The van der Waals surface area contributed by atoms with Crippen molar-refractivity contribution in [3.05, 3.63) is 15.4 Å². The molecule has 0 N–H and O–H groups in total. The van der Waals surface area contributed by atoms with Crippen LogP contribution in [0.1, 0.15) is 32.1 Å². The van der Waals surface area contributed by atoms with E-state index in [9.17, 15) is 4.79 Å². The average molecular weight is 263 g/mol. The van der Waals surface area contributed by atoms with Gasteiger partial charge < -0.3 is 0 Å². The fraction of sp³-hybridized carbons (Fsp3) is 0.667. The molecule has 1 saturated carbocycles. The Hall–Kier alpha value is -0.130. The molecule has 0 bridgehead atoms. The molecule has 0 aromatic carbocycles. The highest BCUT2D eigenvalue weighted by atomic mass is 35.5. The fourth-order valence-electron chi connectivity index (χ4n) is 1.68. The lowest BCUT2D eigenvalue weighted by molar-refractivity contribution is 0.515. The van der Waals surface area contributed by atoms with Crippen LogP contribution in [0.15, 0.2) is 9.82 Å². The Balaban J connectivity index is 2.09. The molecule has 6 heteroatoms. The van der Waals surface area contributed by atoms with Crippen LogP contribution in [0.2, 0.25) is 5.15 Å². The van der Waals surface area contributed by atoms with Gasteiger partial charge in [0.05, 0.1) is 11.7 Å². The Labute approximate surface area is 102 Å². The molecule has 0 atom stereocenters. The van der Waals surface area contributed by atoms with Gasteiger partial charge in [0, 0.05) is 5.25 Å². The lowest BCUT2D eigenvalue weighted by atomic mass is 10.0. The van der Waals surface area contributed by atoms with Gasteiger partial charge in [-0.05, 0) is 12.8 Å². The number of hydrogen-bond donors (Lipinski definition) is 0. The molecule has 1 heterocycles. The second-order valence-corrected chi connectivity index (χ2v) is 5.74. The van der Waals surface area contributed by atoms with Crippen molar-refractivity contribution in [3.8, 4) is 0 Å². The van der Waals surface area contributed by atoms with Gasteiger partial charge in [-0.1, -0.05) is 42.6 Å². The van der Waals surface area contributed by atoms with Crippen LogP contribution in [0.25, 0.3) is 0 Å². The van der Waals surface area contributed by atoms with E-state index in [4.69, 9.17) is 11.6 Å². The highest BCUT2D eigenvalue weighted by molar-refractivity contribution is 7.99. The van der Waals surface area contributed by atoms with Crippen LogP contribution in [0.3, 0.4) is 0 Å². The Kier molecular flexibility index (Phi) is 3.99. The lowest BCUT2D eigenvalue weighted by Gasteiger charge is -2.19. The minimum absolute atomic E-state index is 0.0494. The van der Waals surface area contributed by atoms with Crippen LogP contribution in [0.4, 0.5) is 0 Å². The van der Waals surface area contributed by atoms with Gasteiger partial charge in [-0.2, -0.15) is 8.75 Å². The number of thioether (sulfide) groups is 1. The molecule has 0 unspecified atom stereocenters. The zero-order valence-electron chi connectivity index (χ0n) is 8.11. The summed E-state index contributed by atoms with van der Waals surface area (Å²) in [5, 5.41) is 1.10. The molecule has 1 aliphatic rings. The van der Waals surface area contributed by atoms with Gasteiger partial charge in [0.25, 0.3) is 0 Å². The molecule has 1 aliphatic carbocycles. The van der Waals surface area contributed by atoms with Crippen LogP contribution in [0, 0.1) is 0 Å². The summed E-state index contributed by atoms with van der Waals surface area (Å²) in [4.78, 5) is 11.6. The summed E-state index contributed by atoms with van der Waals surface area (Å²) in [6.07, 6.45) is 6.18. The van der Waals surface area contributed by atoms with Gasteiger partial charge in [0.15, 0.2) is 10.2 Å². The third-order valence-electron chi connectivity index (χ3n) is 2.46. The second kappa shape index (κ2) is 5.27. The first-order chi connectivity index (χ1) is 7.27. The summed E-state index contributed by atoms with van der Waals surface area (Å²) >= 11 is 8.24. The number of rotatable bonds is 2. The summed E-state index contributed by atoms with van der Waals surface area (Å²) in [5.41, 5.74) is -0.217. The van der Waals surface area contributed by atoms with Gasteiger partial charge in [-0.3, -0.25) is 4.79 Å². The maximum atomic E-state index is 11.6. The molecule has 0 amide bonds. The molecule has 1 aromatic heterocycles. The summed E-state index contributed by atoms with van der Waals surface area (Å²) in [5.74, 6) is 0. The molecule has 0 saturated heterocycles. The number of hydrogen-bond acceptors (Lipinski definition) is 5. The average Bonchev–Trinajstić information content (AvgIpc) is 2.26. The molecule has 82 valence electrons. The van der Waals surface area contributed by atoms with Gasteiger partial charge in [-0.25, -0.2) is 0 Å². The predicted octanol–water partition coefficient (Wildman–Crippen LogP) is 2.98. The fourth-order valence-corrected chi connectivity index (χ4v) is 3.63. The maximum absolute atomic E-state index is 11.6. The summed E-state index contributed by atoms with van der Waals surface area (Å²) in [7, 11) is 0. The van der Waals surface area contributed by atoms with Crippen molar-refractivity contribution in [1.82, 2.24) is 8.75 Å². The molecular weight excluding hydrogens is 252 g/mol. The predicted molar refractivity (Wildman–Crippen MR) is 63.9 cm³/mol. The number of nitrogens with zero attached hydrogens (tertiary/aromatic N) is 2. The molecule has 0 aliphatic heterocycles. The van der Waals surface area contributed by atoms with Gasteiger partial charge >= 0.3 is 0 Å². The van der Waals surface area contributed by atoms with Crippen LogP contribution >= 0.6 is 35.1 Å². The van der Waals surface area contributed by atoms with E-state index in [-0.39, 0.29) is 10.6 Å². The van der Waals surface area contributed by atoms with E-state index in [1.807, 2.05) is 0 Å². The largest absolute Gasteiger partial charge is 0.283 e. The van der Waals surface area contributed by atoms with E-state index in [0.29, 0.717) is 10.3 Å². The van der Waals surface area contributed by atoms with E-state index in [1.165, 1.54) is 32.1 Å². The van der Waals surface area contributed by atoms with Crippen molar-refractivity contribution >= 4 is 35.1 Å². The third-order valence-corrected chi connectivity index (χ3v) is 4.76. The SMILES string of the molecule is O=c1c(Cl)nsnc1SC1CCCCC1. The normalized spacial score (nSPS) is 17.9. The zero-order valence-corrected chi connectivity index (χ0v) is 10.5. The molecule has 1 fully saturated rings. The maximum Gasteiger partial charge on any atom is 0.250 e. The van der Waals surface area contributed by atoms with Crippen molar-refractivity contribution in [2.75, 3.05) is 0 Å². The van der Waals surface area contributed by atoms with Crippen molar-refractivity contribution in [2.24, 2.45) is 0 Å². The monoisotopic (exact) mass is 262 g/mol. The minimum Gasteiger partial charge on any atom is -0.283 e. The van der Waals surface area contributed by atoms with Crippen molar-refractivity contribution in [1.29, 1.82) is 0 Å². The molecular formula is C9H11ClN2OS2. The molecule has 0 radical (unpaired) electrons. The molecule has 15 heavy (non-hydrogen) atoms. The first-order valence-corrected chi connectivity index (χ1v) is 6.95. The van der Waals surface area contributed by atoms with E-state index in [2.05, 4.69) is 8.75 Å². The minimum atomic E-state index is -0.217. The third kappa shape index (κ3) is 2.92. The Morgan fingerprint density at radius 1 is 1.27 bits per heavy atom. The van der Waals surface area contributed by atoms with E-state index >= 15 is 0 Å². The van der Waals surface area contributed by atoms with Crippen molar-refractivity contribution < 1.29 is 0 Å². The van der Waals surface area contributed by atoms with Gasteiger partial charge in [0.2, 0.25) is 5.43 Å². The molecule has 3 nitrogen and oxygen atoms in total. The van der Waals surface area contributed by atoms with Crippen LogP contribution in [0.5, 0.6) is 0 Å². The standard InChI is InChI=1S/C9H11ClN2OS2/c10-8-7(13)9(12-15-11-8)14-6-4-2-1-3-5-6/h6H,1-5H2. The van der Waals surface area contributed by atoms with E-state index < -0.39 is 0 Å². The molecule has 1 aromatic rings. The molecule has 0 spiro atoms. The smallest absolute Gasteiger partial charge is 0.250 e. The van der Waals surface area contributed by atoms with Crippen LogP contribution in [-0.2, 0) is 0 Å². The van der Waals surface area contributed by atoms with Crippen molar-refractivity contribution in [2.45, 2.75) is 42.4 Å². The highest BCUT2D eigenvalue weighted by Crippen LogP contribution is 2.31. The van der Waals surface area contributed by atoms with E-state index in [0.717, 1.165) is 11.7 Å². The Morgan fingerprint density at radius 2 is 2.00 bits per heavy atom. The topological polar surface area (TPSA) is 42.9 Å². The van der Waals surface area contributed by atoms with Gasteiger partial charge in [0.1, 0.15) is 0 Å². The number of aromatic nitrogens is 2. The quantitative estimate of drug-likeness (QED) is 0.822. The van der Waals surface area contributed by atoms with E-state index in [1.54, 1.807) is 11.8 Å². The number of halogens is 1.